The summed E-state index contributed by atoms with van der Waals surface area (Å²) in [6.45, 7) is 0.751. The minimum atomic E-state index is -3.97. The van der Waals surface area contributed by atoms with Crippen LogP contribution >= 0.6 is 7.60 Å². The van der Waals surface area contributed by atoms with Crippen LogP contribution in [0.5, 0.6) is 0 Å². The van der Waals surface area contributed by atoms with E-state index in [9.17, 15) is 14.1 Å². The molecular formula is C7H13BFO6P. The Kier molecular flexibility index (Phi) is 4.16. The molecule has 2 unspecified atom stereocenters. The molecule has 0 aromatic rings. The zero-order valence-corrected chi connectivity index (χ0v) is 9.76. The van der Waals surface area contributed by atoms with Crippen LogP contribution in [-0.2, 0) is 18.6 Å². The molecular weight excluding hydrogens is 241 g/mol. The number of ether oxygens (including phenoxy) is 2. The zero-order chi connectivity index (χ0) is 12.6. The second-order valence-electron chi connectivity index (χ2n) is 3.61. The number of hydrogen-bond acceptors (Lipinski definition) is 5. The molecule has 9 heteroatoms. The van der Waals surface area contributed by atoms with Crippen molar-refractivity contribution in [3.05, 3.63) is 0 Å². The molecule has 1 aliphatic heterocycles. The number of alkyl halides is 1. The van der Waals surface area contributed by atoms with E-state index in [0.29, 0.717) is 0 Å². The SMILES string of the molecule is [B][C@@H]1O[C@H](COC)[C@H](OP(C)(=O)O)C1(O)F. The first kappa shape index (κ1) is 14.1. The third kappa shape index (κ3) is 3.03. The van der Waals surface area contributed by atoms with Crippen molar-refractivity contribution in [2.45, 2.75) is 24.1 Å². The lowest BCUT2D eigenvalue weighted by molar-refractivity contribution is -0.150. The summed E-state index contributed by atoms with van der Waals surface area (Å²) >= 11 is 0. The van der Waals surface area contributed by atoms with Gasteiger partial charge in [0.15, 0.2) is 6.10 Å². The van der Waals surface area contributed by atoms with Crippen LogP contribution in [0.4, 0.5) is 4.39 Å². The van der Waals surface area contributed by atoms with Crippen molar-refractivity contribution in [3.8, 4) is 0 Å². The maximum atomic E-state index is 13.7. The van der Waals surface area contributed by atoms with Gasteiger partial charge in [0.25, 0.3) is 5.85 Å². The molecule has 1 rings (SSSR count). The highest BCUT2D eigenvalue weighted by Crippen LogP contribution is 2.45. The molecule has 5 atom stereocenters. The summed E-state index contributed by atoms with van der Waals surface area (Å²) in [5.74, 6) is -3.03. The van der Waals surface area contributed by atoms with Crippen molar-refractivity contribution in [2.24, 2.45) is 0 Å². The largest absolute Gasteiger partial charge is 0.382 e. The van der Waals surface area contributed by atoms with Crippen molar-refractivity contribution in [2.75, 3.05) is 20.4 Å². The van der Waals surface area contributed by atoms with Gasteiger partial charge in [0.1, 0.15) is 14.0 Å². The fourth-order valence-electron chi connectivity index (χ4n) is 1.42. The summed E-state index contributed by atoms with van der Waals surface area (Å²) in [6, 6.07) is -1.65. The lowest BCUT2D eigenvalue weighted by atomic mass is 9.91. The Morgan fingerprint density at radius 1 is 1.69 bits per heavy atom. The number of rotatable bonds is 4. The standard InChI is InChI=1S/C7H13BFO6P/c1-13-3-4-5(15-16(2,11)12)7(9,10)6(8)14-4/h4-6,10H,3H2,1-2H3,(H,11,12)/t4-,5+,6-,7?/m1/s1. The molecule has 1 aliphatic rings. The quantitative estimate of drug-likeness (QED) is 0.514. The highest BCUT2D eigenvalue weighted by molar-refractivity contribution is 7.51. The summed E-state index contributed by atoms with van der Waals surface area (Å²) in [6.07, 6.45) is -2.71. The van der Waals surface area contributed by atoms with E-state index >= 15 is 0 Å². The third-order valence-electron chi connectivity index (χ3n) is 2.10. The Morgan fingerprint density at radius 3 is 2.69 bits per heavy atom. The summed E-state index contributed by atoms with van der Waals surface area (Å²) < 4.78 is 38.8. The molecule has 2 N–H and O–H groups in total. The van der Waals surface area contributed by atoms with E-state index in [2.05, 4.69) is 4.52 Å². The van der Waals surface area contributed by atoms with Crippen molar-refractivity contribution in [1.29, 1.82) is 0 Å². The van der Waals surface area contributed by atoms with Gasteiger partial charge < -0.3 is 19.5 Å². The highest BCUT2D eigenvalue weighted by atomic mass is 31.2. The van der Waals surface area contributed by atoms with Gasteiger partial charge in [0, 0.05) is 13.8 Å². The van der Waals surface area contributed by atoms with Crippen LogP contribution in [0.2, 0.25) is 0 Å². The number of hydrogen-bond donors (Lipinski definition) is 2. The lowest BCUT2D eigenvalue weighted by Gasteiger charge is -2.25. The van der Waals surface area contributed by atoms with Crippen LogP contribution in [-0.4, -0.2) is 62.3 Å². The van der Waals surface area contributed by atoms with Crippen LogP contribution in [0.1, 0.15) is 0 Å². The van der Waals surface area contributed by atoms with Crippen LogP contribution in [0, 0.1) is 0 Å². The van der Waals surface area contributed by atoms with Crippen molar-refractivity contribution >= 4 is 15.4 Å². The molecule has 0 saturated carbocycles. The van der Waals surface area contributed by atoms with Gasteiger partial charge in [-0.15, -0.1) is 0 Å². The predicted octanol–water partition coefficient (Wildman–Crippen LogP) is -0.615. The molecule has 6 nitrogen and oxygen atoms in total. The average Bonchev–Trinajstić information content (AvgIpc) is 2.28. The maximum absolute atomic E-state index is 13.7. The Labute approximate surface area is 93.6 Å². The van der Waals surface area contributed by atoms with Crippen molar-refractivity contribution in [1.82, 2.24) is 0 Å². The van der Waals surface area contributed by atoms with Gasteiger partial charge in [-0.1, -0.05) is 0 Å². The molecule has 0 aromatic carbocycles. The Morgan fingerprint density at radius 2 is 2.25 bits per heavy atom. The molecule has 2 radical (unpaired) electrons. The van der Waals surface area contributed by atoms with E-state index in [1.165, 1.54) is 7.11 Å². The highest BCUT2D eigenvalue weighted by Gasteiger charge is 2.56. The molecule has 0 aromatic heterocycles. The smallest absolute Gasteiger partial charge is 0.325 e. The molecule has 1 fully saturated rings. The second kappa shape index (κ2) is 4.72. The van der Waals surface area contributed by atoms with Crippen LogP contribution in [0.3, 0.4) is 0 Å². The van der Waals surface area contributed by atoms with Crippen LogP contribution in [0.15, 0.2) is 0 Å². The third-order valence-corrected chi connectivity index (χ3v) is 2.72. The van der Waals surface area contributed by atoms with E-state index in [1.54, 1.807) is 0 Å². The first-order chi connectivity index (χ1) is 7.18. The Bertz CT molecular complexity index is 295. The first-order valence-electron chi connectivity index (χ1n) is 4.48. The molecule has 0 bridgehead atoms. The minimum absolute atomic E-state index is 0.120. The summed E-state index contributed by atoms with van der Waals surface area (Å²) in [5, 5.41) is 9.35. The number of halogens is 1. The van der Waals surface area contributed by atoms with Gasteiger partial charge in [0.2, 0.25) is 0 Å². The van der Waals surface area contributed by atoms with Gasteiger partial charge in [0.05, 0.1) is 12.6 Å². The van der Waals surface area contributed by atoms with Crippen molar-refractivity contribution < 1.29 is 33.0 Å². The predicted molar refractivity (Wildman–Crippen MR) is 53.0 cm³/mol. The molecule has 92 valence electrons. The average molecular weight is 254 g/mol. The van der Waals surface area contributed by atoms with Gasteiger partial charge in [-0.25, -0.2) is 4.39 Å². The monoisotopic (exact) mass is 254 g/mol. The fraction of sp³-hybridized carbons (Fsp3) is 1.00. The number of aliphatic hydroxyl groups is 1. The lowest BCUT2D eigenvalue weighted by Crippen LogP contribution is -2.46. The van der Waals surface area contributed by atoms with Gasteiger partial charge in [-0.05, 0) is 0 Å². The molecule has 0 amide bonds. The summed E-state index contributed by atoms with van der Waals surface area (Å²) in [4.78, 5) is 9.00. The molecule has 0 aliphatic carbocycles. The first-order valence-corrected chi connectivity index (χ1v) is 6.51. The number of methoxy groups -OCH3 is 1. The fourth-order valence-corrected chi connectivity index (χ4v) is 2.13. The minimum Gasteiger partial charge on any atom is -0.382 e. The Hall–Kier alpha value is 0.0249. The van der Waals surface area contributed by atoms with Crippen LogP contribution in [0.25, 0.3) is 0 Å². The van der Waals surface area contributed by atoms with Crippen LogP contribution < -0.4 is 0 Å². The molecule has 16 heavy (non-hydrogen) atoms. The molecule has 1 heterocycles. The summed E-state index contributed by atoms with van der Waals surface area (Å²) in [5.41, 5.74) is 0. The van der Waals surface area contributed by atoms with E-state index in [1.807, 2.05) is 0 Å². The zero-order valence-electron chi connectivity index (χ0n) is 8.87. The van der Waals surface area contributed by atoms with E-state index in [4.69, 9.17) is 22.2 Å². The van der Waals surface area contributed by atoms with E-state index in [0.717, 1.165) is 6.66 Å². The Balaban J connectivity index is 2.85. The van der Waals surface area contributed by atoms with Gasteiger partial charge in [-0.3, -0.25) is 9.09 Å². The second-order valence-corrected chi connectivity index (χ2v) is 5.42. The van der Waals surface area contributed by atoms with Crippen molar-refractivity contribution in [3.63, 3.8) is 0 Å². The topological polar surface area (TPSA) is 85.2 Å². The van der Waals surface area contributed by atoms with E-state index in [-0.39, 0.29) is 6.61 Å². The van der Waals surface area contributed by atoms with E-state index < -0.39 is 31.7 Å². The van der Waals surface area contributed by atoms with Gasteiger partial charge in [-0.2, -0.15) is 0 Å². The molecule has 1 saturated heterocycles. The molecule has 0 spiro atoms. The normalized spacial score (nSPS) is 43.2. The summed E-state index contributed by atoms with van der Waals surface area (Å²) in [7, 11) is 2.54. The van der Waals surface area contributed by atoms with Gasteiger partial charge >= 0.3 is 7.60 Å². The maximum Gasteiger partial charge on any atom is 0.325 e.